The highest BCUT2D eigenvalue weighted by molar-refractivity contribution is 9.10. The number of hydrogen-bond acceptors (Lipinski definition) is 5. The first-order chi connectivity index (χ1) is 13.3. The summed E-state index contributed by atoms with van der Waals surface area (Å²) in [4.78, 5) is 22.9. The van der Waals surface area contributed by atoms with Gasteiger partial charge in [0.05, 0.1) is 27.9 Å². The molecule has 148 valence electrons. The van der Waals surface area contributed by atoms with Gasteiger partial charge >= 0.3 is 5.97 Å². The standard InChI is InChI=1S/C18H15BrCl2N2O5/c1-2-27-15-6-10(5-13(19)17(15)28-9-16(24)25)8-22-23-18(26)12-4-3-11(20)7-14(12)21/h3-8H,2,9H2,1H3,(H,23,26)(H,24,25)/b22-8-. The molecule has 0 aliphatic rings. The molecule has 7 nitrogen and oxygen atoms in total. The average molecular weight is 490 g/mol. The van der Waals surface area contributed by atoms with Gasteiger partial charge in [0, 0.05) is 5.02 Å². The molecule has 1 amide bonds. The third kappa shape index (κ3) is 6.12. The van der Waals surface area contributed by atoms with Crippen LogP contribution in [-0.2, 0) is 4.79 Å². The van der Waals surface area contributed by atoms with Crippen molar-refractivity contribution < 1.29 is 24.2 Å². The summed E-state index contributed by atoms with van der Waals surface area (Å²) in [6, 6.07) is 7.76. The molecule has 0 spiro atoms. The molecule has 0 aliphatic heterocycles. The molecular weight excluding hydrogens is 475 g/mol. The van der Waals surface area contributed by atoms with Crippen molar-refractivity contribution in [2.75, 3.05) is 13.2 Å². The predicted octanol–water partition coefficient (Wildman–Crippen LogP) is 4.38. The van der Waals surface area contributed by atoms with Crippen molar-refractivity contribution in [3.63, 3.8) is 0 Å². The van der Waals surface area contributed by atoms with E-state index in [1.54, 1.807) is 25.1 Å². The van der Waals surface area contributed by atoms with Gasteiger partial charge in [-0.3, -0.25) is 4.79 Å². The zero-order chi connectivity index (χ0) is 20.7. The number of carbonyl (C=O) groups is 2. The van der Waals surface area contributed by atoms with E-state index >= 15 is 0 Å². The summed E-state index contributed by atoms with van der Waals surface area (Å²) in [5, 5.41) is 13.3. The van der Waals surface area contributed by atoms with Crippen LogP contribution in [0.1, 0.15) is 22.8 Å². The lowest BCUT2D eigenvalue weighted by Gasteiger charge is -2.13. The number of amides is 1. The number of rotatable bonds is 8. The van der Waals surface area contributed by atoms with Gasteiger partial charge in [-0.05, 0) is 58.7 Å². The number of nitrogens with one attached hydrogen (secondary N) is 1. The third-order valence-electron chi connectivity index (χ3n) is 3.23. The van der Waals surface area contributed by atoms with Gasteiger partial charge in [0.1, 0.15) is 0 Å². The van der Waals surface area contributed by atoms with Crippen molar-refractivity contribution in [1.29, 1.82) is 0 Å². The normalized spacial score (nSPS) is 10.7. The molecule has 2 aromatic carbocycles. The van der Waals surface area contributed by atoms with E-state index in [0.717, 1.165) is 0 Å². The third-order valence-corrected chi connectivity index (χ3v) is 4.36. The van der Waals surface area contributed by atoms with Crippen molar-refractivity contribution in [3.8, 4) is 11.5 Å². The number of benzene rings is 2. The van der Waals surface area contributed by atoms with E-state index in [2.05, 4.69) is 26.5 Å². The molecule has 0 unspecified atom stereocenters. The molecule has 0 atom stereocenters. The number of halogens is 3. The summed E-state index contributed by atoms with van der Waals surface area (Å²) in [5.74, 6) is -1.00. The molecule has 0 fully saturated rings. The predicted molar refractivity (Wildman–Crippen MR) is 110 cm³/mol. The van der Waals surface area contributed by atoms with Crippen LogP contribution in [0.2, 0.25) is 10.0 Å². The van der Waals surface area contributed by atoms with Crippen LogP contribution in [0.15, 0.2) is 39.9 Å². The smallest absolute Gasteiger partial charge is 0.341 e. The number of ether oxygens (including phenoxy) is 2. The van der Waals surface area contributed by atoms with Crippen LogP contribution in [0.5, 0.6) is 11.5 Å². The van der Waals surface area contributed by atoms with Crippen LogP contribution in [-0.4, -0.2) is 36.4 Å². The fraction of sp³-hybridized carbons (Fsp3) is 0.167. The molecule has 0 saturated carbocycles. The van der Waals surface area contributed by atoms with Gasteiger partial charge in [-0.25, -0.2) is 10.2 Å². The topological polar surface area (TPSA) is 97.2 Å². The number of aliphatic carboxylic acids is 1. The molecule has 0 heterocycles. The second-order valence-corrected chi connectivity index (χ2v) is 6.97. The molecule has 2 N–H and O–H groups in total. The number of carboxylic acids is 1. The van der Waals surface area contributed by atoms with Crippen LogP contribution < -0.4 is 14.9 Å². The summed E-state index contributed by atoms with van der Waals surface area (Å²) in [5.41, 5.74) is 3.19. The Morgan fingerprint density at radius 1 is 1.25 bits per heavy atom. The highest BCUT2D eigenvalue weighted by atomic mass is 79.9. The second kappa shape index (κ2) is 10.3. The maximum Gasteiger partial charge on any atom is 0.341 e. The van der Waals surface area contributed by atoms with Gasteiger partial charge in [-0.1, -0.05) is 23.2 Å². The summed E-state index contributed by atoms with van der Waals surface area (Å²) in [6.45, 7) is 1.62. The lowest BCUT2D eigenvalue weighted by Crippen LogP contribution is -2.18. The fourth-order valence-corrected chi connectivity index (χ4v) is 3.17. The Balaban J connectivity index is 2.16. The van der Waals surface area contributed by atoms with Gasteiger partial charge in [0.25, 0.3) is 5.91 Å². The number of carboxylic acid groups (broad SMARTS) is 1. The van der Waals surface area contributed by atoms with Crippen molar-refractivity contribution in [2.45, 2.75) is 6.92 Å². The Morgan fingerprint density at radius 2 is 2.00 bits per heavy atom. The summed E-state index contributed by atoms with van der Waals surface area (Å²) < 4.78 is 11.2. The van der Waals surface area contributed by atoms with E-state index in [1.807, 2.05) is 0 Å². The number of hydrazone groups is 1. The Morgan fingerprint density at radius 3 is 2.64 bits per heavy atom. The molecule has 0 saturated heterocycles. The Labute approximate surface area is 179 Å². The molecule has 0 aliphatic carbocycles. The molecular formula is C18H15BrCl2N2O5. The van der Waals surface area contributed by atoms with Crippen LogP contribution in [0, 0.1) is 0 Å². The van der Waals surface area contributed by atoms with E-state index in [4.69, 9.17) is 37.8 Å². The van der Waals surface area contributed by atoms with Crippen molar-refractivity contribution >= 4 is 57.2 Å². The van der Waals surface area contributed by atoms with Gasteiger partial charge in [0.2, 0.25) is 0 Å². The summed E-state index contributed by atoms with van der Waals surface area (Å²) in [7, 11) is 0. The average Bonchev–Trinajstić information content (AvgIpc) is 2.61. The first-order valence-electron chi connectivity index (χ1n) is 7.91. The summed E-state index contributed by atoms with van der Waals surface area (Å²) in [6.07, 6.45) is 1.40. The van der Waals surface area contributed by atoms with Crippen LogP contribution in [0.4, 0.5) is 0 Å². The second-order valence-electron chi connectivity index (χ2n) is 5.27. The van der Waals surface area contributed by atoms with E-state index in [-0.39, 0.29) is 16.3 Å². The zero-order valence-electron chi connectivity index (χ0n) is 14.5. The molecule has 28 heavy (non-hydrogen) atoms. The zero-order valence-corrected chi connectivity index (χ0v) is 17.6. The first-order valence-corrected chi connectivity index (χ1v) is 9.46. The van der Waals surface area contributed by atoms with Crippen molar-refractivity contribution in [3.05, 3.63) is 56.0 Å². The lowest BCUT2D eigenvalue weighted by atomic mass is 10.2. The van der Waals surface area contributed by atoms with E-state index in [1.165, 1.54) is 18.3 Å². The fourth-order valence-electron chi connectivity index (χ4n) is 2.10. The molecule has 2 aromatic rings. The van der Waals surface area contributed by atoms with Crippen LogP contribution in [0.25, 0.3) is 0 Å². The molecule has 0 radical (unpaired) electrons. The van der Waals surface area contributed by atoms with Gasteiger partial charge in [-0.15, -0.1) is 0 Å². The van der Waals surface area contributed by atoms with Crippen molar-refractivity contribution in [1.82, 2.24) is 5.43 Å². The molecule has 0 bridgehead atoms. The van der Waals surface area contributed by atoms with Crippen LogP contribution in [0.3, 0.4) is 0 Å². The number of hydrogen-bond donors (Lipinski definition) is 2. The maximum atomic E-state index is 12.1. The first kappa shape index (κ1) is 22.0. The van der Waals surface area contributed by atoms with Crippen LogP contribution >= 0.6 is 39.1 Å². The largest absolute Gasteiger partial charge is 0.490 e. The Kier molecular flexibility index (Phi) is 8.10. The van der Waals surface area contributed by atoms with Gasteiger partial charge in [-0.2, -0.15) is 5.10 Å². The minimum absolute atomic E-state index is 0.210. The van der Waals surface area contributed by atoms with Gasteiger partial charge in [0.15, 0.2) is 18.1 Å². The minimum Gasteiger partial charge on any atom is -0.490 e. The van der Waals surface area contributed by atoms with E-state index < -0.39 is 18.5 Å². The highest BCUT2D eigenvalue weighted by Gasteiger charge is 2.14. The summed E-state index contributed by atoms with van der Waals surface area (Å²) >= 11 is 15.1. The molecule has 2 rings (SSSR count). The Bertz CT molecular complexity index is 921. The minimum atomic E-state index is -1.11. The van der Waals surface area contributed by atoms with Crippen molar-refractivity contribution in [2.24, 2.45) is 5.10 Å². The molecule has 10 heteroatoms. The number of nitrogens with zero attached hydrogens (tertiary/aromatic N) is 1. The maximum absolute atomic E-state index is 12.1. The SMILES string of the molecule is CCOc1cc(/C=N\NC(=O)c2ccc(Cl)cc2Cl)cc(Br)c1OCC(=O)O. The molecule has 0 aromatic heterocycles. The van der Waals surface area contributed by atoms with E-state index in [0.29, 0.717) is 27.4 Å². The lowest BCUT2D eigenvalue weighted by molar-refractivity contribution is -0.139. The number of carbonyl (C=O) groups excluding carboxylic acids is 1. The van der Waals surface area contributed by atoms with E-state index in [9.17, 15) is 9.59 Å². The Hall–Kier alpha value is -2.29. The quantitative estimate of drug-likeness (QED) is 0.423. The van der Waals surface area contributed by atoms with Gasteiger partial charge < -0.3 is 14.6 Å². The highest BCUT2D eigenvalue weighted by Crippen LogP contribution is 2.36. The monoisotopic (exact) mass is 488 g/mol.